The standard InChI is InChI=1S/C24H26N2O2/c27-24(28)14-8-7-13-22-16-18-15-20(25-19-9-3-1-4-10-19)17-23(18)26(22)21-11-5-2-6-12-21/h1-6,9-12,16,20,25H,7-8,13-15,17H2,(H,27,28). The normalized spacial score (nSPS) is 15.4. The number of carbonyl (C=O) groups is 1. The molecule has 0 amide bonds. The predicted molar refractivity (Wildman–Crippen MR) is 112 cm³/mol. The number of unbranched alkanes of at least 4 members (excludes halogenated alkanes) is 1. The van der Waals surface area contributed by atoms with Crippen molar-refractivity contribution in [3.05, 3.63) is 83.7 Å². The lowest BCUT2D eigenvalue weighted by Gasteiger charge is -2.17. The number of carboxylic acids is 1. The van der Waals surface area contributed by atoms with E-state index in [-0.39, 0.29) is 6.42 Å². The molecule has 0 saturated carbocycles. The van der Waals surface area contributed by atoms with Crippen LogP contribution in [0.15, 0.2) is 66.7 Å². The molecule has 4 nitrogen and oxygen atoms in total. The molecule has 0 radical (unpaired) electrons. The molecule has 1 unspecified atom stereocenters. The third kappa shape index (κ3) is 4.11. The van der Waals surface area contributed by atoms with Crippen molar-refractivity contribution in [2.45, 2.75) is 44.6 Å². The summed E-state index contributed by atoms with van der Waals surface area (Å²) in [7, 11) is 0. The Balaban J connectivity index is 1.54. The number of hydrogen-bond donors (Lipinski definition) is 2. The van der Waals surface area contributed by atoms with Gasteiger partial charge in [0.05, 0.1) is 0 Å². The van der Waals surface area contributed by atoms with Crippen molar-refractivity contribution in [1.82, 2.24) is 4.57 Å². The summed E-state index contributed by atoms with van der Waals surface area (Å²) in [5.41, 5.74) is 6.44. The van der Waals surface area contributed by atoms with E-state index >= 15 is 0 Å². The lowest BCUT2D eigenvalue weighted by Crippen LogP contribution is -2.20. The maximum absolute atomic E-state index is 10.8. The minimum Gasteiger partial charge on any atom is -0.481 e. The molecule has 1 aliphatic carbocycles. The number of hydrogen-bond acceptors (Lipinski definition) is 2. The van der Waals surface area contributed by atoms with E-state index < -0.39 is 5.97 Å². The molecule has 3 aromatic rings. The second kappa shape index (κ2) is 8.34. The molecule has 2 aromatic carbocycles. The van der Waals surface area contributed by atoms with Gasteiger partial charge >= 0.3 is 5.97 Å². The number of aryl methyl sites for hydroxylation is 1. The second-order valence-electron chi connectivity index (χ2n) is 7.49. The highest BCUT2D eigenvalue weighted by Crippen LogP contribution is 2.31. The average Bonchev–Trinajstić information content (AvgIpc) is 3.23. The SMILES string of the molecule is O=C(O)CCCCc1cc2c(n1-c1ccccc1)CC(Nc1ccccc1)C2. The van der Waals surface area contributed by atoms with E-state index in [4.69, 9.17) is 5.11 Å². The number of aliphatic carboxylic acids is 1. The number of aromatic nitrogens is 1. The first-order chi connectivity index (χ1) is 13.7. The molecular weight excluding hydrogens is 348 g/mol. The molecule has 0 fully saturated rings. The molecular formula is C24H26N2O2. The van der Waals surface area contributed by atoms with Crippen LogP contribution in [0.4, 0.5) is 5.69 Å². The topological polar surface area (TPSA) is 54.3 Å². The van der Waals surface area contributed by atoms with Crippen molar-refractivity contribution in [3.8, 4) is 5.69 Å². The van der Waals surface area contributed by atoms with Crippen LogP contribution in [-0.4, -0.2) is 21.7 Å². The van der Waals surface area contributed by atoms with Crippen LogP contribution in [0.2, 0.25) is 0 Å². The van der Waals surface area contributed by atoms with E-state index in [1.807, 2.05) is 12.1 Å². The first-order valence-corrected chi connectivity index (χ1v) is 10.0. The van der Waals surface area contributed by atoms with Crippen molar-refractivity contribution in [1.29, 1.82) is 0 Å². The summed E-state index contributed by atoms with van der Waals surface area (Å²) in [5.74, 6) is -0.712. The molecule has 1 atom stereocenters. The lowest BCUT2D eigenvalue weighted by atomic mass is 10.1. The second-order valence-corrected chi connectivity index (χ2v) is 7.49. The molecule has 4 rings (SSSR count). The van der Waals surface area contributed by atoms with E-state index in [0.29, 0.717) is 6.04 Å². The Bertz CT molecular complexity index is 932. The van der Waals surface area contributed by atoms with Gasteiger partial charge in [-0.1, -0.05) is 36.4 Å². The van der Waals surface area contributed by atoms with Crippen molar-refractivity contribution in [2.75, 3.05) is 5.32 Å². The highest BCUT2D eigenvalue weighted by Gasteiger charge is 2.27. The van der Waals surface area contributed by atoms with Gasteiger partial charge in [0.15, 0.2) is 0 Å². The smallest absolute Gasteiger partial charge is 0.303 e. The first kappa shape index (κ1) is 18.4. The average molecular weight is 374 g/mol. The van der Waals surface area contributed by atoms with Gasteiger partial charge in [-0.15, -0.1) is 0 Å². The molecule has 2 N–H and O–H groups in total. The molecule has 1 aliphatic rings. The Labute approximate surface area is 165 Å². The van der Waals surface area contributed by atoms with Gasteiger partial charge in [-0.25, -0.2) is 0 Å². The van der Waals surface area contributed by atoms with Crippen molar-refractivity contribution in [2.24, 2.45) is 0 Å². The Morgan fingerprint density at radius 3 is 2.43 bits per heavy atom. The predicted octanol–water partition coefficient (Wildman–Crippen LogP) is 4.85. The zero-order valence-corrected chi connectivity index (χ0v) is 16.0. The number of anilines is 1. The van der Waals surface area contributed by atoms with Crippen LogP contribution in [0.1, 0.15) is 36.2 Å². The number of nitrogens with zero attached hydrogens (tertiary/aromatic N) is 1. The molecule has 1 heterocycles. The Hall–Kier alpha value is -3.01. The fourth-order valence-electron chi connectivity index (χ4n) is 4.17. The molecule has 0 aliphatic heterocycles. The summed E-state index contributed by atoms with van der Waals surface area (Å²) in [4.78, 5) is 10.8. The number of nitrogens with one attached hydrogen (secondary N) is 1. The maximum Gasteiger partial charge on any atom is 0.303 e. The summed E-state index contributed by atoms with van der Waals surface area (Å²) >= 11 is 0. The Morgan fingerprint density at radius 1 is 1.00 bits per heavy atom. The van der Waals surface area contributed by atoms with E-state index in [1.165, 1.54) is 22.6 Å². The van der Waals surface area contributed by atoms with Crippen molar-refractivity contribution >= 4 is 11.7 Å². The van der Waals surface area contributed by atoms with Gasteiger partial charge in [0, 0.05) is 41.6 Å². The van der Waals surface area contributed by atoms with Crippen LogP contribution in [0.25, 0.3) is 5.69 Å². The van der Waals surface area contributed by atoms with E-state index in [2.05, 4.69) is 64.5 Å². The monoisotopic (exact) mass is 374 g/mol. The summed E-state index contributed by atoms with van der Waals surface area (Å²) in [5, 5.41) is 12.5. The zero-order valence-electron chi connectivity index (χ0n) is 16.0. The van der Waals surface area contributed by atoms with Gasteiger partial charge in [-0.05, 0) is 61.6 Å². The van der Waals surface area contributed by atoms with Gasteiger partial charge in [-0.3, -0.25) is 4.79 Å². The van der Waals surface area contributed by atoms with Crippen LogP contribution < -0.4 is 5.32 Å². The fraction of sp³-hybridized carbons (Fsp3) is 0.292. The van der Waals surface area contributed by atoms with E-state index in [9.17, 15) is 4.79 Å². The number of rotatable bonds is 8. The third-order valence-electron chi connectivity index (χ3n) is 5.41. The van der Waals surface area contributed by atoms with Crippen LogP contribution in [0, 0.1) is 0 Å². The quantitative estimate of drug-likeness (QED) is 0.554. The maximum atomic E-state index is 10.8. The molecule has 0 saturated heterocycles. The largest absolute Gasteiger partial charge is 0.481 e. The molecule has 1 aromatic heterocycles. The third-order valence-corrected chi connectivity index (χ3v) is 5.41. The fourth-order valence-corrected chi connectivity index (χ4v) is 4.17. The Kier molecular flexibility index (Phi) is 5.47. The minimum atomic E-state index is -0.712. The summed E-state index contributed by atoms with van der Waals surface area (Å²) < 4.78 is 2.39. The van der Waals surface area contributed by atoms with Gasteiger partial charge in [0.25, 0.3) is 0 Å². The molecule has 4 heteroatoms. The van der Waals surface area contributed by atoms with Crippen LogP contribution >= 0.6 is 0 Å². The zero-order chi connectivity index (χ0) is 19.3. The van der Waals surface area contributed by atoms with Gasteiger partial charge < -0.3 is 15.0 Å². The van der Waals surface area contributed by atoms with Crippen LogP contribution in [0.5, 0.6) is 0 Å². The minimum absolute atomic E-state index is 0.245. The van der Waals surface area contributed by atoms with Crippen LogP contribution in [-0.2, 0) is 24.1 Å². The highest BCUT2D eigenvalue weighted by molar-refractivity contribution is 5.66. The number of carboxylic acid groups (broad SMARTS) is 1. The number of fused-ring (bicyclic) bond motifs is 1. The van der Waals surface area contributed by atoms with Crippen LogP contribution in [0.3, 0.4) is 0 Å². The molecule has 0 bridgehead atoms. The Morgan fingerprint density at radius 2 is 1.71 bits per heavy atom. The van der Waals surface area contributed by atoms with Crippen molar-refractivity contribution in [3.63, 3.8) is 0 Å². The van der Waals surface area contributed by atoms with Gasteiger partial charge in [-0.2, -0.15) is 0 Å². The first-order valence-electron chi connectivity index (χ1n) is 10.0. The molecule has 28 heavy (non-hydrogen) atoms. The molecule has 0 spiro atoms. The summed E-state index contributed by atoms with van der Waals surface area (Å²) in [6.45, 7) is 0. The number of benzene rings is 2. The van der Waals surface area contributed by atoms with Gasteiger partial charge in [0.2, 0.25) is 0 Å². The lowest BCUT2D eigenvalue weighted by molar-refractivity contribution is -0.137. The van der Waals surface area contributed by atoms with Crippen molar-refractivity contribution < 1.29 is 9.90 Å². The number of para-hydroxylation sites is 2. The molecule has 144 valence electrons. The van der Waals surface area contributed by atoms with E-state index in [1.54, 1.807) is 0 Å². The summed E-state index contributed by atoms with van der Waals surface area (Å²) in [6, 6.07) is 23.6. The van der Waals surface area contributed by atoms with Gasteiger partial charge in [0.1, 0.15) is 0 Å². The van der Waals surface area contributed by atoms with E-state index in [0.717, 1.165) is 37.8 Å². The highest BCUT2D eigenvalue weighted by atomic mass is 16.4. The summed E-state index contributed by atoms with van der Waals surface area (Å²) in [6.07, 6.45) is 4.78.